The molecule has 1 N–H and O–H groups in total. The minimum absolute atomic E-state index is 0.0758. The van der Waals surface area contributed by atoms with Crippen LogP contribution < -0.4 is 37.9 Å². The molecule has 2 heterocycles. The van der Waals surface area contributed by atoms with Crippen molar-refractivity contribution in [2.75, 3.05) is 28.4 Å². The van der Waals surface area contributed by atoms with Crippen molar-refractivity contribution in [1.82, 2.24) is 0 Å². The second-order valence-electron chi connectivity index (χ2n) is 26.2. The second-order valence-corrected chi connectivity index (χ2v) is 26.2. The third-order valence-corrected chi connectivity index (χ3v) is 19.2. The van der Waals surface area contributed by atoms with Crippen LogP contribution >= 0.6 is 0 Å². The SMILES string of the molecule is COc1cc2c(cc1OC)C1(CC2(C)C)CC(C)(C)c2cc3c(cc21)Oc1c(c(C#N)c(C)c(C)c1C(C)=[N-])O3.COc1cc2c(cc1OC)C1(CC2(C)C)CC(C)(C)c2cc3c(cc21)Oc1c(c(C(C)=N)c(C)c(C)c1C(C)=[N-])O3. The van der Waals surface area contributed by atoms with Crippen LogP contribution in [0.2, 0.25) is 0 Å². The Balaban J connectivity index is 0.000000170. The van der Waals surface area contributed by atoms with Crippen LogP contribution in [0.1, 0.15) is 191 Å². The standard InChI is InChI=1S/C35H39N2O4.C34H35N2O4/c1-17-18(2)30(20(4)37)32-31(29(17)19(3)36)40-27-12-22-24(14-28(27)41-32)35(16-34(22,7)8)15-33(5,6)21-11-25(38-9)26(39-10)13-23(21)35;1-17-18(2)29(19(3)36)31-30(20(17)14-35)39-27-11-22-24(13-28(27)40-31)34(16-33(22,6)7)15-32(4,5)21-10-25(37-8)26(38-9)12-23(21)34/h11-14,36H,15-16H2,1-10H3;10-13H,15-16H2,1-9H3/q2*-1. The van der Waals surface area contributed by atoms with Gasteiger partial charge in [-0.05, 0) is 197 Å². The third kappa shape index (κ3) is 7.76. The summed E-state index contributed by atoms with van der Waals surface area (Å²) >= 11 is 0. The summed E-state index contributed by atoms with van der Waals surface area (Å²) in [6.45, 7) is 31.1. The minimum Gasteiger partial charge on any atom is -0.807 e. The van der Waals surface area contributed by atoms with Gasteiger partial charge < -0.3 is 54.1 Å². The number of methoxy groups -OCH3 is 4. The first-order valence-corrected chi connectivity index (χ1v) is 28.0. The molecule has 12 rings (SSSR count). The molecule has 12 nitrogen and oxygen atoms in total. The molecule has 6 aliphatic rings. The van der Waals surface area contributed by atoms with Crippen molar-refractivity contribution in [3.05, 3.63) is 148 Å². The number of rotatable bonds is 7. The molecule has 0 bridgehead atoms. The smallest absolute Gasteiger partial charge is 0.188 e. The van der Waals surface area contributed by atoms with E-state index in [1.165, 1.54) is 44.5 Å². The molecule has 81 heavy (non-hydrogen) atoms. The van der Waals surface area contributed by atoms with Crippen LogP contribution in [-0.4, -0.2) is 45.6 Å². The number of benzene rings is 6. The lowest BCUT2D eigenvalue weighted by Gasteiger charge is -2.32. The maximum atomic E-state index is 10.7. The molecule has 2 unspecified atom stereocenters. The highest BCUT2D eigenvalue weighted by Gasteiger charge is 2.59. The van der Waals surface area contributed by atoms with E-state index in [1.807, 2.05) is 27.7 Å². The predicted octanol–water partition coefficient (Wildman–Crippen LogP) is 16.8. The van der Waals surface area contributed by atoms with E-state index in [4.69, 9.17) is 43.3 Å². The molecular weight excluding hydrogens is 1010 g/mol. The summed E-state index contributed by atoms with van der Waals surface area (Å²) in [4.78, 5) is 0. The molecule has 420 valence electrons. The van der Waals surface area contributed by atoms with Crippen molar-refractivity contribution < 1.29 is 37.9 Å². The van der Waals surface area contributed by atoms with Crippen molar-refractivity contribution in [3.8, 4) is 75.1 Å². The average molecular weight is 1090 g/mol. The van der Waals surface area contributed by atoms with Gasteiger partial charge in [-0.3, -0.25) is 0 Å². The summed E-state index contributed by atoms with van der Waals surface area (Å²) in [5.74, 6) is 7.09. The van der Waals surface area contributed by atoms with Crippen LogP contribution in [-0.2, 0) is 32.5 Å². The molecule has 0 amide bonds. The van der Waals surface area contributed by atoms with Crippen LogP contribution in [0.15, 0.2) is 48.5 Å². The molecule has 12 heteroatoms. The number of fused-ring (bicyclic) bond motifs is 12. The molecule has 2 spiro atoms. The summed E-state index contributed by atoms with van der Waals surface area (Å²) < 4.78 is 49.2. The Hall–Kier alpha value is -7.78. The van der Waals surface area contributed by atoms with E-state index in [2.05, 4.69) is 110 Å². The average Bonchev–Trinajstić information content (AvgIpc) is 4.06. The van der Waals surface area contributed by atoms with Crippen molar-refractivity contribution in [2.24, 2.45) is 0 Å². The number of nitrogens with zero attached hydrogens (tertiary/aromatic N) is 3. The monoisotopic (exact) mass is 1090 g/mol. The van der Waals surface area contributed by atoms with E-state index in [-0.39, 0.29) is 43.9 Å². The van der Waals surface area contributed by atoms with E-state index in [0.717, 1.165) is 70.9 Å². The normalized spacial score (nSPS) is 20.4. The molecule has 0 radical (unpaired) electrons. The Bertz CT molecular complexity index is 3890. The Morgan fingerprint density at radius 3 is 1.01 bits per heavy atom. The van der Waals surface area contributed by atoms with Crippen molar-refractivity contribution in [1.29, 1.82) is 10.7 Å². The van der Waals surface area contributed by atoms with Gasteiger partial charge in [0, 0.05) is 33.2 Å². The van der Waals surface area contributed by atoms with Crippen molar-refractivity contribution >= 4 is 17.1 Å². The van der Waals surface area contributed by atoms with Gasteiger partial charge in [0.2, 0.25) is 0 Å². The molecular formula is C69H74N4O8-2. The highest BCUT2D eigenvalue weighted by atomic mass is 16.6. The zero-order valence-corrected chi connectivity index (χ0v) is 50.6. The molecule has 0 saturated heterocycles. The lowest BCUT2D eigenvalue weighted by molar-refractivity contribution is 0.347. The fourth-order valence-electron chi connectivity index (χ4n) is 15.8. The highest BCUT2D eigenvalue weighted by molar-refractivity contribution is 6.10. The minimum atomic E-state index is -0.251. The van der Waals surface area contributed by atoms with Crippen LogP contribution in [0, 0.1) is 44.4 Å². The van der Waals surface area contributed by atoms with E-state index in [0.29, 0.717) is 74.0 Å². The maximum absolute atomic E-state index is 10.7. The van der Waals surface area contributed by atoms with E-state index >= 15 is 0 Å². The summed E-state index contributed by atoms with van der Waals surface area (Å²) in [6.07, 6.45) is 3.75. The molecule has 6 aromatic carbocycles. The zero-order valence-electron chi connectivity index (χ0n) is 50.6. The Labute approximate surface area is 477 Å². The Kier molecular flexibility index (Phi) is 12.3. The van der Waals surface area contributed by atoms with Crippen molar-refractivity contribution in [2.45, 2.75) is 162 Å². The fraction of sp³-hybridized carbons (Fsp3) is 0.420. The predicted molar refractivity (Wildman–Crippen MR) is 320 cm³/mol. The second kappa shape index (κ2) is 18.1. The molecule has 0 saturated carbocycles. The molecule has 2 atom stereocenters. The first-order chi connectivity index (χ1) is 38.0. The topological polar surface area (TPSA) is 166 Å². The van der Waals surface area contributed by atoms with Crippen LogP contribution in [0.4, 0.5) is 0 Å². The van der Waals surface area contributed by atoms with Gasteiger partial charge in [0.25, 0.3) is 0 Å². The summed E-state index contributed by atoms with van der Waals surface area (Å²) in [5.41, 5.74) is 15.4. The fourth-order valence-corrected chi connectivity index (χ4v) is 15.8. The third-order valence-electron chi connectivity index (χ3n) is 19.2. The first-order valence-electron chi connectivity index (χ1n) is 28.0. The van der Waals surface area contributed by atoms with Gasteiger partial charge in [0.05, 0.1) is 28.4 Å². The molecule has 4 aliphatic carbocycles. The van der Waals surface area contributed by atoms with Crippen molar-refractivity contribution in [3.63, 3.8) is 0 Å². The van der Waals surface area contributed by atoms with Gasteiger partial charge in [-0.1, -0.05) is 69.2 Å². The zero-order chi connectivity index (χ0) is 58.7. The van der Waals surface area contributed by atoms with Gasteiger partial charge in [-0.2, -0.15) is 16.7 Å². The van der Waals surface area contributed by atoms with Gasteiger partial charge in [0.1, 0.15) is 11.6 Å². The lowest BCUT2D eigenvalue weighted by atomic mass is 9.72. The van der Waals surface area contributed by atoms with Gasteiger partial charge >= 0.3 is 0 Å². The summed E-state index contributed by atoms with van der Waals surface area (Å²) in [6, 6.07) is 19.4. The highest BCUT2D eigenvalue weighted by Crippen LogP contribution is 2.68. The number of hydrogen-bond donors (Lipinski definition) is 1. The Morgan fingerprint density at radius 1 is 0.432 bits per heavy atom. The molecule has 0 aromatic heterocycles. The van der Waals surface area contributed by atoms with Gasteiger partial charge in [0.15, 0.2) is 69.0 Å². The number of nitrogens with one attached hydrogen (secondary N) is 1. The van der Waals surface area contributed by atoms with Crippen LogP contribution in [0.5, 0.6) is 69.0 Å². The Morgan fingerprint density at radius 2 is 0.691 bits per heavy atom. The number of ether oxygens (including phenoxy) is 8. The molecule has 2 aliphatic heterocycles. The molecule has 0 fully saturated rings. The molecule has 6 aromatic rings. The van der Waals surface area contributed by atoms with E-state index in [9.17, 15) is 16.1 Å². The quantitative estimate of drug-likeness (QED) is 0.153. The largest absolute Gasteiger partial charge is 0.807 e. The maximum Gasteiger partial charge on any atom is 0.188 e. The number of nitriles is 1. The van der Waals surface area contributed by atoms with Crippen LogP contribution in [0.3, 0.4) is 0 Å². The van der Waals surface area contributed by atoms with E-state index in [1.54, 1.807) is 49.2 Å². The number of hydrogen-bond acceptors (Lipinski definition) is 10. The van der Waals surface area contributed by atoms with Gasteiger partial charge in [-0.15, -0.1) is 0 Å². The van der Waals surface area contributed by atoms with Crippen LogP contribution in [0.25, 0.3) is 10.8 Å². The summed E-state index contributed by atoms with van der Waals surface area (Å²) in [5, 5.41) is 39.9. The summed E-state index contributed by atoms with van der Waals surface area (Å²) in [7, 11) is 6.73. The van der Waals surface area contributed by atoms with E-state index < -0.39 is 0 Å². The lowest BCUT2D eigenvalue weighted by Crippen LogP contribution is -2.27. The van der Waals surface area contributed by atoms with Gasteiger partial charge in [-0.25, -0.2) is 0 Å². The first kappa shape index (κ1) is 55.1.